The maximum atomic E-state index is 17.0. The van der Waals surface area contributed by atoms with Gasteiger partial charge in [-0.3, -0.25) is 5.32 Å². The number of fused-ring (bicyclic) bond motifs is 3. The third-order valence-electron chi connectivity index (χ3n) is 9.80. The van der Waals surface area contributed by atoms with E-state index in [0.29, 0.717) is 37.5 Å². The molecule has 4 N–H and O–H groups in total. The molecule has 1 saturated carbocycles. The number of hydrogen-bond donors (Lipinski definition) is 3. The van der Waals surface area contributed by atoms with Gasteiger partial charge in [-0.15, -0.1) is 6.42 Å². The van der Waals surface area contributed by atoms with Crippen LogP contribution in [-0.4, -0.2) is 72.3 Å². The summed E-state index contributed by atoms with van der Waals surface area (Å²) in [6.45, 7) is 3.26. The molecule has 2 aromatic carbocycles. The Balaban J connectivity index is 1.43. The van der Waals surface area contributed by atoms with Crippen LogP contribution >= 0.6 is 0 Å². The lowest BCUT2D eigenvalue weighted by molar-refractivity contribution is 0.0205. The summed E-state index contributed by atoms with van der Waals surface area (Å²) in [6.07, 6.45) is 11.0. The molecule has 0 amide bonds. The lowest BCUT2D eigenvalue weighted by Crippen LogP contribution is -2.66. The largest absolute Gasteiger partial charge is 0.508 e. The summed E-state index contributed by atoms with van der Waals surface area (Å²) < 4.78 is 49.7. The number of aromatic nitrogens is 3. The highest BCUT2D eigenvalue weighted by molar-refractivity contribution is 6.04. The van der Waals surface area contributed by atoms with Gasteiger partial charge in [0.15, 0.2) is 5.82 Å². The molecule has 3 aliphatic rings. The Labute approximate surface area is 265 Å². The van der Waals surface area contributed by atoms with E-state index in [1.54, 1.807) is 0 Å². The highest BCUT2D eigenvalue weighted by Crippen LogP contribution is 2.49. The summed E-state index contributed by atoms with van der Waals surface area (Å²) in [5, 5.41) is 15.0. The number of terminal acetylenes is 1. The number of benzene rings is 2. The Kier molecular flexibility index (Phi) is 7.79. The fourth-order valence-corrected chi connectivity index (χ4v) is 7.47. The van der Waals surface area contributed by atoms with E-state index in [0.717, 1.165) is 45.1 Å². The molecule has 4 aromatic rings. The second-order valence-corrected chi connectivity index (χ2v) is 12.4. The number of phenols is 1. The summed E-state index contributed by atoms with van der Waals surface area (Å²) in [5.74, 6) is 1.19. The number of rotatable bonds is 6. The van der Waals surface area contributed by atoms with Crippen molar-refractivity contribution in [2.45, 2.75) is 44.2 Å². The second kappa shape index (κ2) is 11.8. The summed E-state index contributed by atoms with van der Waals surface area (Å²) in [7, 11) is 1.42. The molecule has 2 saturated heterocycles. The summed E-state index contributed by atoms with van der Waals surface area (Å²) in [4.78, 5) is 16.0. The van der Waals surface area contributed by atoms with Crippen molar-refractivity contribution in [3.63, 3.8) is 0 Å². The normalized spacial score (nSPS) is 23.2. The van der Waals surface area contributed by atoms with Gasteiger partial charge in [-0.05, 0) is 68.7 Å². The fraction of sp³-hybridized carbons (Fsp3) is 0.441. The monoisotopic (exact) mass is 630 g/mol. The van der Waals surface area contributed by atoms with Crippen molar-refractivity contribution >= 4 is 27.5 Å². The van der Waals surface area contributed by atoms with Gasteiger partial charge in [-0.1, -0.05) is 12.0 Å². The minimum Gasteiger partial charge on any atom is -0.508 e. The molecule has 10 nitrogen and oxygen atoms in total. The quantitative estimate of drug-likeness (QED) is 0.260. The molecule has 240 valence electrons. The smallest absolute Gasteiger partial charge is 0.319 e. The first-order valence-corrected chi connectivity index (χ1v) is 15.6. The molecule has 1 aliphatic carbocycles. The number of methoxy groups -OCH3 is 1. The Morgan fingerprint density at radius 2 is 1.93 bits per heavy atom. The number of ether oxygens (including phenoxy) is 3. The number of halogens is 2. The van der Waals surface area contributed by atoms with E-state index in [1.807, 2.05) is 4.90 Å². The number of phenolic OH excluding ortho intramolecular Hbond substituents is 1. The maximum Gasteiger partial charge on any atom is 0.319 e. The van der Waals surface area contributed by atoms with Gasteiger partial charge in [0.1, 0.15) is 40.6 Å². The number of piperidine rings is 1. The third-order valence-corrected chi connectivity index (χ3v) is 9.80. The molecule has 0 spiro atoms. The molecule has 0 bridgehead atoms. The standard InChI is InChI=1S/C34H36F2N6O4/c1-3-22-24(35)8-7-20-17-21(43)18-23(25(20)22)28-27(36)29-26(31(39-28)44-2)30(42-13-6-15-45-16-14-42)41-32(40-29)46-19-33-9-4-11-34(33,37)38-12-5-10-33/h1,7-8,17-18,38,43H,4-6,9-16,19,37H2,2H3/t33-,34?/m1/s1. The van der Waals surface area contributed by atoms with Crippen molar-refractivity contribution < 1.29 is 28.1 Å². The zero-order valence-electron chi connectivity index (χ0n) is 25.7. The van der Waals surface area contributed by atoms with E-state index in [2.05, 4.69) is 21.2 Å². The van der Waals surface area contributed by atoms with E-state index < -0.39 is 17.3 Å². The third kappa shape index (κ3) is 4.94. The van der Waals surface area contributed by atoms with E-state index in [-0.39, 0.29) is 62.8 Å². The zero-order chi connectivity index (χ0) is 32.1. The molecular weight excluding hydrogens is 594 g/mol. The van der Waals surface area contributed by atoms with Gasteiger partial charge < -0.3 is 30.0 Å². The summed E-state index contributed by atoms with van der Waals surface area (Å²) >= 11 is 0. The van der Waals surface area contributed by atoms with Crippen molar-refractivity contribution in [3.8, 4) is 41.2 Å². The van der Waals surface area contributed by atoms with E-state index in [1.165, 1.54) is 31.4 Å². The highest BCUT2D eigenvalue weighted by Gasteiger charge is 2.54. The van der Waals surface area contributed by atoms with Crippen molar-refractivity contribution in [1.29, 1.82) is 0 Å². The molecule has 4 heterocycles. The molecule has 7 rings (SSSR count). The van der Waals surface area contributed by atoms with Gasteiger partial charge in [0.25, 0.3) is 0 Å². The van der Waals surface area contributed by atoms with E-state index >= 15 is 4.39 Å². The van der Waals surface area contributed by atoms with Gasteiger partial charge >= 0.3 is 6.01 Å². The molecule has 2 aliphatic heterocycles. The van der Waals surface area contributed by atoms with Crippen LogP contribution in [0.4, 0.5) is 14.6 Å². The molecule has 12 heteroatoms. The average Bonchev–Trinajstić information content (AvgIpc) is 3.19. The summed E-state index contributed by atoms with van der Waals surface area (Å²) in [6, 6.07) is 5.42. The van der Waals surface area contributed by atoms with Gasteiger partial charge in [-0.2, -0.15) is 9.97 Å². The Morgan fingerprint density at radius 3 is 2.76 bits per heavy atom. The van der Waals surface area contributed by atoms with Gasteiger partial charge in [0.05, 0.1) is 24.9 Å². The lowest BCUT2D eigenvalue weighted by atomic mass is 9.72. The predicted molar refractivity (Wildman–Crippen MR) is 170 cm³/mol. The SMILES string of the molecule is C#Cc1c(F)ccc2cc(O)cc(-c3nc(OC)c4c(N5CCCOCC5)nc(OC[C@@]56CCCNC5(N)CCC6)nc4c3F)c12. The van der Waals surface area contributed by atoms with E-state index in [4.69, 9.17) is 31.4 Å². The first-order valence-electron chi connectivity index (χ1n) is 15.6. The Bertz CT molecular complexity index is 1880. The van der Waals surface area contributed by atoms with Gasteiger partial charge in [-0.25, -0.2) is 13.8 Å². The summed E-state index contributed by atoms with van der Waals surface area (Å²) in [5.41, 5.74) is 5.70. The van der Waals surface area contributed by atoms with Crippen molar-refractivity contribution in [3.05, 3.63) is 41.5 Å². The Morgan fingerprint density at radius 1 is 1.09 bits per heavy atom. The van der Waals surface area contributed by atoms with E-state index in [9.17, 15) is 9.50 Å². The average molecular weight is 631 g/mol. The number of aromatic hydroxyl groups is 1. The number of nitrogens with one attached hydrogen (secondary N) is 1. The number of pyridine rings is 1. The zero-order valence-corrected chi connectivity index (χ0v) is 25.7. The van der Waals surface area contributed by atoms with Crippen LogP contribution in [0.15, 0.2) is 24.3 Å². The lowest BCUT2D eigenvalue weighted by Gasteiger charge is -2.47. The predicted octanol–water partition coefficient (Wildman–Crippen LogP) is 4.63. The highest BCUT2D eigenvalue weighted by atomic mass is 19.1. The Hall–Kier alpha value is -4.31. The molecule has 2 atom stereocenters. The van der Waals surface area contributed by atoms with Crippen molar-refractivity contribution in [2.75, 3.05) is 51.5 Å². The first kappa shape index (κ1) is 30.3. The molecule has 3 fully saturated rings. The first-order chi connectivity index (χ1) is 22.3. The molecule has 0 radical (unpaired) electrons. The minimum absolute atomic E-state index is 0.00362. The van der Waals surface area contributed by atoms with Crippen LogP contribution in [0.25, 0.3) is 32.9 Å². The number of anilines is 1. The van der Waals surface area contributed by atoms with Crippen LogP contribution in [0, 0.1) is 29.4 Å². The van der Waals surface area contributed by atoms with Crippen molar-refractivity contribution in [2.24, 2.45) is 11.1 Å². The topological polar surface area (TPSA) is 128 Å². The molecule has 1 unspecified atom stereocenters. The number of nitrogens with two attached hydrogens (primary N) is 1. The molecular formula is C34H36F2N6O4. The van der Waals surface area contributed by atoms with Crippen LogP contribution in [0.3, 0.4) is 0 Å². The number of hydrogen-bond acceptors (Lipinski definition) is 10. The fourth-order valence-electron chi connectivity index (χ4n) is 7.47. The molecule has 46 heavy (non-hydrogen) atoms. The number of nitrogens with zero attached hydrogens (tertiary/aromatic N) is 4. The van der Waals surface area contributed by atoms with Crippen LogP contribution in [0.1, 0.15) is 44.1 Å². The van der Waals surface area contributed by atoms with Crippen LogP contribution in [0.5, 0.6) is 17.6 Å². The minimum atomic E-state index is -0.818. The second-order valence-electron chi connectivity index (χ2n) is 12.4. The van der Waals surface area contributed by atoms with Crippen LogP contribution < -0.4 is 25.4 Å². The molecule has 2 aromatic heterocycles. The van der Waals surface area contributed by atoms with Crippen LogP contribution in [-0.2, 0) is 4.74 Å². The maximum absolute atomic E-state index is 17.0. The van der Waals surface area contributed by atoms with Crippen LogP contribution in [0.2, 0.25) is 0 Å². The van der Waals surface area contributed by atoms with Gasteiger partial charge in [0.2, 0.25) is 5.88 Å². The van der Waals surface area contributed by atoms with Crippen molar-refractivity contribution in [1.82, 2.24) is 20.3 Å². The van der Waals surface area contributed by atoms with Gasteiger partial charge in [0, 0.05) is 36.1 Å².